The van der Waals surface area contributed by atoms with Crippen molar-refractivity contribution < 1.29 is 9.84 Å². The molecular formula is C24H42IN5O2. The summed E-state index contributed by atoms with van der Waals surface area (Å²) in [6.45, 7) is 10.5. The third-order valence-electron chi connectivity index (χ3n) is 6.54. The van der Waals surface area contributed by atoms with Gasteiger partial charge in [-0.25, -0.2) is 0 Å². The average molecular weight is 560 g/mol. The Labute approximate surface area is 211 Å². The normalized spacial score (nSPS) is 24.8. The van der Waals surface area contributed by atoms with E-state index in [1.54, 1.807) is 0 Å². The number of hydrogen-bond donors (Lipinski definition) is 3. The topological polar surface area (TPSA) is 72.4 Å². The molecule has 1 aromatic rings. The van der Waals surface area contributed by atoms with Gasteiger partial charge in [-0.15, -0.1) is 24.0 Å². The number of nitrogens with one attached hydrogen (secondary N) is 2. The van der Waals surface area contributed by atoms with Gasteiger partial charge in [0, 0.05) is 63.9 Å². The summed E-state index contributed by atoms with van der Waals surface area (Å²) in [5, 5.41) is 16.3. The Morgan fingerprint density at radius 1 is 1.25 bits per heavy atom. The third kappa shape index (κ3) is 8.13. The van der Waals surface area contributed by atoms with E-state index in [1.165, 1.54) is 5.56 Å². The Kier molecular flexibility index (Phi) is 12.2. The van der Waals surface area contributed by atoms with Gasteiger partial charge in [0.15, 0.2) is 5.96 Å². The third-order valence-corrected chi connectivity index (χ3v) is 6.54. The van der Waals surface area contributed by atoms with Gasteiger partial charge in [-0.1, -0.05) is 30.3 Å². The quantitative estimate of drug-likeness (QED) is 0.177. The standard InChI is InChI=1S/C24H41N5O2.HI/c1-3-25-23(27-19-24(10-16-30)11-17-31-20-24)26-12-7-13-29-15-14-28(2)18-22(29)21-8-5-4-6-9-21;/h4-6,8-9,22,30H,3,7,10-20H2,1-2H3,(H2,25,26,27);1H. The summed E-state index contributed by atoms with van der Waals surface area (Å²) in [5.41, 5.74) is 1.39. The van der Waals surface area contributed by atoms with Crippen molar-refractivity contribution in [2.75, 3.05) is 72.7 Å². The molecule has 2 saturated heterocycles. The number of rotatable bonds is 10. The Balaban J connectivity index is 0.00000363. The van der Waals surface area contributed by atoms with E-state index in [0.29, 0.717) is 19.2 Å². The molecule has 0 saturated carbocycles. The molecule has 3 rings (SSSR count). The SMILES string of the molecule is CCNC(=NCC1(CCO)CCOC1)NCCCN1CCN(C)CC1c1ccccc1.I. The van der Waals surface area contributed by atoms with Crippen molar-refractivity contribution in [3.05, 3.63) is 35.9 Å². The summed E-state index contributed by atoms with van der Waals surface area (Å²) in [4.78, 5) is 9.87. The minimum Gasteiger partial charge on any atom is -0.396 e. The summed E-state index contributed by atoms with van der Waals surface area (Å²) in [6.07, 6.45) is 2.79. The molecule has 2 heterocycles. The molecule has 2 aliphatic heterocycles. The second-order valence-electron chi connectivity index (χ2n) is 8.98. The second kappa shape index (κ2) is 14.3. The van der Waals surface area contributed by atoms with Crippen molar-refractivity contribution in [1.82, 2.24) is 20.4 Å². The first kappa shape index (κ1) is 27.3. The molecule has 8 heteroatoms. The van der Waals surface area contributed by atoms with Crippen LogP contribution < -0.4 is 10.6 Å². The van der Waals surface area contributed by atoms with Crippen LogP contribution in [0.4, 0.5) is 0 Å². The molecule has 2 fully saturated rings. The number of aliphatic hydroxyl groups excluding tert-OH is 1. The van der Waals surface area contributed by atoms with Gasteiger partial charge in [0.1, 0.15) is 0 Å². The second-order valence-corrected chi connectivity index (χ2v) is 8.98. The number of hydrogen-bond acceptors (Lipinski definition) is 5. The highest BCUT2D eigenvalue weighted by Crippen LogP contribution is 2.32. The van der Waals surface area contributed by atoms with E-state index < -0.39 is 0 Å². The van der Waals surface area contributed by atoms with E-state index in [-0.39, 0.29) is 36.0 Å². The number of likely N-dealkylation sites (N-methyl/N-ethyl adjacent to an activating group) is 1. The molecule has 7 nitrogen and oxygen atoms in total. The molecule has 2 unspecified atom stereocenters. The fourth-order valence-corrected chi connectivity index (χ4v) is 4.58. The van der Waals surface area contributed by atoms with Crippen LogP contribution in [0.1, 0.15) is 37.8 Å². The van der Waals surface area contributed by atoms with E-state index in [2.05, 4.69) is 64.7 Å². The molecule has 2 aliphatic rings. The first-order valence-corrected chi connectivity index (χ1v) is 11.8. The van der Waals surface area contributed by atoms with Crippen molar-refractivity contribution >= 4 is 29.9 Å². The molecule has 2 atom stereocenters. The van der Waals surface area contributed by atoms with Crippen molar-refractivity contribution in [3.63, 3.8) is 0 Å². The van der Waals surface area contributed by atoms with E-state index in [9.17, 15) is 5.11 Å². The minimum absolute atomic E-state index is 0. The zero-order valence-corrected chi connectivity index (χ0v) is 22.1. The van der Waals surface area contributed by atoms with Gasteiger partial charge in [-0.2, -0.15) is 0 Å². The molecule has 1 aromatic carbocycles. The summed E-state index contributed by atoms with van der Waals surface area (Å²) in [7, 11) is 2.22. The monoisotopic (exact) mass is 559 g/mol. The lowest BCUT2D eigenvalue weighted by Crippen LogP contribution is -2.47. The predicted octanol–water partition coefficient (Wildman–Crippen LogP) is 2.33. The zero-order valence-electron chi connectivity index (χ0n) is 19.8. The van der Waals surface area contributed by atoms with Gasteiger partial charge < -0.3 is 25.4 Å². The highest BCUT2D eigenvalue weighted by atomic mass is 127. The molecule has 0 spiro atoms. The number of benzene rings is 1. The van der Waals surface area contributed by atoms with Gasteiger partial charge in [-0.3, -0.25) is 9.89 Å². The highest BCUT2D eigenvalue weighted by molar-refractivity contribution is 14.0. The molecule has 0 aliphatic carbocycles. The molecule has 32 heavy (non-hydrogen) atoms. The summed E-state index contributed by atoms with van der Waals surface area (Å²) >= 11 is 0. The predicted molar refractivity (Wildman–Crippen MR) is 142 cm³/mol. The van der Waals surface area contributed by atoms with Crippen LogP contribution in [0.2, 0.25) is 0 Å². The van der Waals surface area contributed by atoms with Crippen LogP contribution in [0, 0.1) is 5.41 Å². The minimum atomic E-state index is -0.0141. The van der Waals surface area contributed by atoms with E-state index in [4.69, 9.17) is 9.73 Å². The maximum atomic E-state index is 9.43. The van der Waals surface area contributed by atoms with Gasteiger partial charge in [0.25, 0.3) is 0 Å². The number of halogens is 1. The molecule has 0 amide bonds. The molecular weight excluding hydrogens is 517 g/mol. The highest BCUT2D eigenvalue weighted by Gasteiger charge is 2.34. The zero-order chi connectivity index (χ0) is 21.9. The number of aliphatic hydroxyl groups is 1. The average Bonchev–Trinajstić information content (AvgIpc) is 3.25. The lowest BCUT2D eigenvalue weighted by molar-refractivity contribution is 0.0891. The number of piperazine rings is 1. The van der Waals surface area contributed by atoms with Crippen molar-refractivity contribution in [2.45, 2.75) is 32.2 Å². The Bertz CT molecular complexity index is 670. The number of nitrogens with zero attached hydrogens (tertiary/aromatic N) is 3. The number of guanidine groups is 1. The molecule has 182 valence electrons. The first-order valence-electron chi connectivity index (χ1n) is 11.8. The van der Waals surface area contributed by atoms with Crippen molar-refractivity contribution in [3.8, 4) is 0 Å². The van der Waals surface area contributed by atoms with Crippen molar-refractivity contribution in [2.24, 2.45) is 10.4 Å². The van der Waals surface area contributed by atoms with Crippen LogP contribution >= 0.6 is 24.0 Å². The van der Waals surface area contributed by atoms with E-state index in [1.807, 2.05) is 0 Å². The molecule has 0 aromatic heterocycles. The van der Waals surface area contributed by atoms with Crippen molar-refractivity contribution in [1.29, 1.82) is 0 Å². The summed E-state index contributed by atoms with van der Waals surface area (Å²) in [6, 6.07) is 11.3. The van der Waals surface area contributed by atoms with Crippen LogP contribution in [0.15, 0.2) is 35.3 Å². The maximum Gasteiger partial charge on any atom is 0.191 e. The summed E-state index contributed by atoms with van der Waals surface area (Å²) < 4.78 is 5.59. The van der Waals surface area contributed by atoms with Crippen LogP contribution in [0.5, 0.6) is 0 Å². The maximum absolute atomic E-state index is 9.43. The fourth-order valence-electron chi connectivity index (χ4n) is 4.58. The first-order chi connectivity index (χ1) is 15.2. The fraction of sp³-hybridized carbons (Fsp3) is 0.708. The van der Waals surface area contributed by atoms with Crippen LogP contribution in [0.3, 0.4) is 0 Å². The summed E-state index contributed by atoms with van der Waals surface area (Å²) in [5.74, 6) is 0.865. The van der Waals surface area contributed by atoms with Crippen LogP contribution in [-0.4, -0.2) is 93.5 Å². The Morgan fingerprint density at radius 3 is 2.75 bits per heavy atom. The smallest absolute Gasteiger partial charge is 0.191 e. The van der Waals surface area contributed by atoms with E-state index in [0.717, 1.165) is 71.1 Å². The van der Waals surface area contributed by atoms with Gasteiger partial charge in [0.2, 0.25) is 0 Å². The lowest BCUT2D eigenvalue weighted by atomic mass is 9.84. The number of ether oxygens (including phenoxy) is 1. The Hall–Kier alpha value is -0.940. The van der Waals surface area contributed by atoms with E-state index >= 15 is 0 Å². The molecule has 0 bridgehead atoms. The molecule has 3 N–H and O–H groups in total. The number of aliphatic imine (C=N–C) groups is 1. The largest absolute Gasteiger partial charge is 0.396 e. The van der Waals surface area contributed by atoms with Gasteiger partial charge in [0.05, 0.1) is 13.2 Å². The Morgan fingerprint density at radius 2 is 2.06 bits per heavy atom. The van der Waals surface area contributed by atoms with Crippen LogP contribution in [0.25, 0.3) is 0 Å². The van der Waals surface area contributed by atoms with Gasteiger partial charge in [-0.05, 0) is 38.8 Å². The van der Waals surface area contributed by atoms with Crippen LogP contribution in [-0.2, 0) is 4.74 Å². The van der Waals surface area contributed by atoms with Gasteiger partial charge >= 0.3 is 0 Å². The lowest BCUT2D eigenvalue weighted by Gasteiger charge is -2.40. The molecule has 0 radical (unpaired) electrons.